The third-order valence-corrected chi connectivity index (χ3v) is 4.08. The number of nitrogens with one attached hydrogen (secondary N) is 1. The van der Waals surface area contributed by atoms with E-state index in [0.717, 1.165) is 29.9 Å². The first-order valence-electron chi connectivity index (χ1n) is 7.45. The highest BCUT2D eigenvalue weighted by Crippen LogP contribution is 2.29. The molecule has 1 aromatic rings. The van der Waals surface area contributed by atoms with Gasteiger partial charge in [0.25, 0.3) is 5.91 Å². The maximum absolute atomic E-state index is 12.6. The maximum atomic E-state index is 12.6. The molecular formula is C15H18N4O3. The lowest BCUT2D eigenvalue weighted by Crippen LogP contribution is -2.46. The Bertz CT molecular complexity index is 574. The molecule has 0 saturated carbocycles. The summed E-state index contributed by atoms with van der Waals surface area (Å²) in [5.74, 6) is -0.564. The van der Waals surface area contributed by atoms with Crippen LogP contribution >= 0.6 is 0 Å². The number of imide groups is 1. The summed E-state index contributed by atoms with van der Waals surface area (Å²) in [7, 11) is 0. The molecular weight excluding hydrogens is 284 g/mol. The van der Waals surface area contributed by atoms with E-state index in [9.17, 15) is 14.4 Å². The molecule has 0 aliphatic carbocycles. The molecule has 2 fully saturated rings. The number of rotatable bonds is 3. The molecule has 0 radical (unpaired) electrons. The summed E-state index contributed by atoms with van der Waals surface area (Å²) in [6, 6.07) is 5.07. The Morgan fingerprint density at radius 1 is 1.32 bits per heavy atom. The Kier molecular flexibility index (Phi) is 4.04. The predicted octanol–water partition coefficient (Wildman–Crippen LogP) is 0.687. The van der Waals surface area contributed by atoms with Crippen LogP contribution in [0.2, 0.25) is 0 Å². The zero-order chi connectivity index (χ0) is 15.5. The van der Waals surface area contributed by atoms with Crippen molar-refractivity contribution in [2.24, 2.45) is 0 Å². The molecule has 4 amide bonds. The number of aromatic nitrogens is 1. The average molecular weight is 302 g/mol. The second kappa shape index (κ2) is 6.13. The molecule has 1 atom stereocenters. The Morgan fingerprint density at radius 3 is 2.86 bits per heavy atom. The van der Waals surface area contributed by atoms with Crippen LogP contribution in [0, 0.1) is 0 Å². The smallest absolute Gasteiger partial charge is 0.325 e. The van der Waals surface area contributed by atoms with Crippen LogP contribution in [0.5, 0.6) is 0 Å². The van der Waals surface area contributed by atoms with Gasteiger partial charge in [0, 0.05) is 12.7 Å². The van der Waals surface area contributed by atoms with Gasteiger partial charge in [-0.05, 0) is 31.4 Å². The van der Waals surface area contributed by atoms with Crippen LogP contribution in [0.15, 0.2) is 24.4 Å². The minimum Gasteiger partial charge on any atom is -0.333 e. The first kappa shape index (κ1) is 14.5. The van der Waals surface area contributed by atoms with Crippen molar-refractivity contribution in [3.8, 4) is 0 Å². The van der Waals surface area contributed by atoms with Gasteiger partial charge in [-0.25, -0.2) is 4.79 Å². The van der Waals surface area contributed by atoms with Crippen molar-refractivity contribution < 1.29 is 14.4 Å². The molecule has 1 N–H and O–H groups in total. The van der Waals surface area contributed by atoms with Crippen LogP contribution in [0.3, 0.4) is 0 Å². The highest BCUT2D eigenvalue weighted by Gasteiger charge is 2.34. The van der Waals surface area contributed by atoms with Crippen LogP contribution in [0.1, 0.15) is 31.0 Å². The van der Waals surface area contributed by atoms with Gasteiger partial charge in [0.05, 0.1) is 18.3 Å². The van der Waals surface area contributed by atoms with Gasteiger partial charge in [0.15, 0.2) is 0 Å². The van der Waals surface area contributed by atoms with Gasteiger partial charge in [0.2, 0.25) is 5.91 Å². The number of piperidine rings is 1. The molecule has 1 aromatic heterocycles. The van der Waals surface area contributed by atoms with Gasteiger partial charge in [-0.2, -0.15) is 0 Å². The van der Waals surface area contributed by atoms with Crippen molar-refractivity contribution in [1.29, 1.82) is 0 Å². The van der Waals surface area contributed by atoms with E-state index in [1.54, 1.807) is 11.1 Å². The van der Waals surface area contributed by atoms with Gasteiger partial charge in [-0.3, -0.25) is 19.5 Å². The summed E-state index contributed by atoms with van der Waals surface area (Å²) in [5, 5.41) is 2.42. The second-order valence-corrected chi connectivity index (χ2v) is 5.49. The predicted molar refractivity (Wildman–Crippen MR) is 77.7 cm³/mol. The van der Waals surface area contributed by atoms with E-state index in [0.29, 0.717) is 6.54 Å². The van der Waals surface area contributed by atoms with Crippen molar-refractivity contribution in [3.63, 3.8) is 0 Å². The minimum atomic E-state index is -0.496. The maximum Gasteiger partial charge on any atom is 0.325 e. The Morgan fingerprint density at radius 2 is 2.18 bits per heavy atom. The molecule has 2 aliphatic rings. The Hall–Kier alpha value is -2.44. The first-order valence-corrected chi connectivity index (χ1v) is 7.45. The van der Waals surface area contributed by atoms with Crippen molar-refractivity contribution in [1.82, 2.24) is 20.1 Å². The number of urea groups is 1. The molecule has 0 unspecified atom stereocenters. The SMILES string of the molecule is O=C1CNC(=O)N1CC(=O)N1CCCC[C@@H]1c1ccccn1. The van der Waals surface area contributed by atoms with E-state index in [1.807, 2.05) is 18.2 Å². The van der Waals surface area contributed by atoms with Gasteiger partial charge in [0.1, 0.15) is 6.54 Å². The number of carbonyl (C=O) groups is 3. The molecule has 0 spiro atoms. The number of hydrogen-bond donors (Lipinski definition) is 1. The van der Waals surface area contributed by atoms with Crippen molar-refractivity contribution in [2.45, 2.75) is 25.3 Å². The number of hydrogen-bond acceptors (Lipinski definition) is 4. The van der Waals surface area contributed by atoms with Crippen molar-refractivity contribution in [3.05, 3.63) is 30.1 Å². The zero-order valence-electron chi connectivity index (χ0n) is 12.2. The van der Waals surface area contributed by atoms with Crippen LogP contribution in [0.25, 0.3) is 0 Å². The molecule has 3 rings (SSSR count). The number of carbonyl (C=O) groups excluding carboxylic acids is 3. The van der Waals surface area contributed by atoms with Gasteiger partial charge in [-0.1, -0.05) is 6.07 Å². The fourth-order valence-electron chi connectivity index (χ4n) is 2.95. The number of amides is 4. The van der Waals surface area contributed by atoms with Crippen molar-refractivity contribution in [2.75, 3.05) is 19.6 Å². The number of likely N-dealkylation sites (tertiary alicyclic amines) is 1. The third-order valence-electron chi connectivity index (χ3n) is 4.08. The van der Waals surface area contributed by atoms with Gasteiger partial charge in [-0.15, -0.1) is 0 Å². The van der Waals surface area contributed by atoms with Crippen LogP contribution in [0.4, 0.5) is 4.79 Å². The number of pyridine rings is 1. The third kappa shape index (κ3) is 2.79. The minimum absolute atomic E-state index is 0.0320. The summed E-state index contributed by atoms with van der Waals surface area (Å²) in [5.41, 5.74) is 0.854. The molecule has 3 heterocycles. The fraction of sp³-hybridized carbons (Fsp3) is 0.467. The topological polar surface area (TPSA) is 82.6 Å². The van der Waals surface area contributed by atoms with E-state index in [2.05, 4.69) is 10.3 Å². The largest absolute Gasteiger partial charge is 0.333 e. The molecule has 0 bridgehead atoms. The van der Waals surface area contributed by atoms with E-state index in [1.165, 1.54) is 0 Å². The standard InChI is InChI=1S/C15H18N4O3/c20-13-9-17-15(22)19(13)10-14(21)18-8-4-2-6-12(18)11-5-1-3-7-16-11/h1,3,5,7,12H,2,4,6,8-10H2,(H,17,22)/t12-/m1/s1. The fourth-order valence-corrected chi connectivity index (χ4v) is 2.95. The number of nitrogens with zero attached hydrogens (tertiary/aromatic N) is 3. The highest BCUT2D eigenvalue weighted by molar-refractivity contribution is 6.04. The molecule has 116 valence electrons. The van der Waals surface area contributed by atoms with E-state index in [4.69, 9.17) is 0 Å². The van der Waals surface area contributed by atoms with Gasteiger partial charge >= 0.3 is 6.03 Å². The van der Waals surface area contributed by atoms with Gasteiger partial charge < -0.3 is 10.2 Å². The lowest BCUT2D eigenvalue weighted by molar-refractivity contribution is -0.139. The molecule has 7 heteroatoms. The van der Waals surface area contributed by atoms with E-state index in [-0.39, 0.29) is 30.9 Å². The molecule has 7 nitrogen and oxygen atoms in total. The molecule has 0 aromatic carbocycles. The van der Waals surface area contributed by atoms with Crippen molar-refractivity contribution >= 4 is 17.8 Å². The highest BCUT2D eigenvalue weighted by atomic mass is 16.2. The second-order valence-electron chi connectivity index (χ2n) is 5.49. The first-order chi connectivity index (χ1) is 10.7. The normalized spacial score (nSPS) is 21.9. The summed E-state index contributed by atoms with van der Waals surface area (Å²) in [6.07, 6.45) is 4.52. The molecule has 22 heavy (non-hydrogen) atoms. The average Bonchev–Trinajstić information content (AvgIpc) is 2.87. The zero-order valence-corrected chi connectivity index (χ0v) is 12.2. The Labute approximate surface area is 128 Å². The summed E-state index contributed by atoms with van der Waals surface area (Å²) >= 11 is 0. The molecule has 2 saturated heterocycles. The van der Waals surface area contributed by atoms with Crippen LogP contribution < -0.4 is 5.32 Å². The summed E-state index contributed by atoms with van der Waals surface area (Å²) in [4.78, 5) is 42.8. The lowest BCUT2D eigenvalue weighted by atomic mass is 9.98. The van der Waals surface area contributed by atoms with Crippen LogP contribution in [-0.2, 0) is 9.59 Å². The molecule has 2 aliphatic heterocycles. The lowest BCUT2D eigenvalue weighted by Gasteiger charge is -2.36. The summed E-state index contributed by atoms with van der Waals surface area (Å²) in [6.45, 7) is 0.396. The quantitative estimate of drug-likeness (QED) is 0.833. The summed E-state index contributed by atoms with van der Waals surface area (Å²) < 4.78 is 0. The van der Waals surface area contributed by atoms with Crippen LogP contribution in [-0.4, -0.2) is 52.3 Å². The monoisotopic (exact) mass is 302 g/mol. The Balaban J connectivity index is 1.74. The van der Waals surface area contributed by atoms with E-state index < -0.39 is 6.03 Å². The van der Waals surface area contributed by atoms with E-state index >= 15 is 0 Å².